The Morgan fingerprint density at radius 1 is 1.04 bits per heavy atom. The number of aromatic nitrogens is 2. The fraction of sp³-hybridized carbons (Fsp3) is 0.444. The van der Waals surface area contributed by atoms with Gasteiger partial charge in [-0.25, -0.2) is 18.7 Å². The molecule has 2 fully saturated rings. The van der Waals surface area contributed by atoms with Crippen molar-refractivity contribution in [2.45, 2.75) is 51.1 Å². The SMILES string of the molecule is Cc1c(NCc2c(F)cccc2F)nc(C2CC2)nc1NC1CC1. The average molecular weight is 330 g/mol. The fourth-order valence-electron chi connectivity index (χ4n) is 2.67. The Hall–Kier alpha value is -2.24. The Bertz CT molecular complexity index is 750. The zero-order chi connectivity index (χ0) is 16.7. The first-order chi connectivity index (χ1) is 11.6. The highest BCUT2D eigenvalue weighted by Crippen LogP contribution is 2.40. The Balaban J connectivity index is 1.60. The van der Waals surface area contributed by atoms with E-state index in [0.29, 0.717) is 17.8 Å². The Morgan fingerprint density at radius 2 is 1.71 bits per heavy atom. The third-order valence-electron chi connectivity index (χ3n) is 4.52. The summed E-state index contributed by atoms with van der Waals surface area (Å²) in [5, 5.41) is 6.53. The van der Waals surface area contributed by atoms with Crippen LogP contribution < -0.4 is 10.6 Å². The molecule has 1 aromatic carbocycles. The fourth-order valence-corrected chi connectivity index (χ4v) is 2.67. The van der Waals surface area contributed by atoms with E-state index in [-0.39, 0.29) is 12.1 Å². The molecule has 0 amide bonds. The second kappa shape index (κ2) is 6.00. The number of nitrogens with zero attached hydrogens (tertiary/aromatic N) is 2. The highest BCUT2D eigenvalue weighted by molar-refractivity contribution is 5.58. The molecule has 0 unspecified atom stereocenters. The highest BCUT2D eigenvalue weighted by atomic mass is 19.1. The van der Waals surface area contributed by atoms with Crippen molar-refractivity contribution < 1.29 is 8.78 Å². The minimum Gasteiger partial charge on any atom is -0.367 e. The van der Waals surface area contributed by atoms with Gasteiger partial charge in [-0.2, -0.15) is 0 Å². The van der Waals surface area contributed by atoms with E-state index in [4.69, 9.17) is 0 Å². The lowest BCUT2D eigenvalue weighted by atomic mass is 10.2. The van der Waals surface area contributed by atoms with Gasteiger partial charge in [-0.1, -0.05) is 6.07 Å². The molecule has 1 heterocycles. The molecule has 2 saturated carbocycles. The molecule has 1 aromatic heterocycles. The molecule has 2 aliphatic carbocycles. The quantitative estimate of drug-likeness (QED) is 0.836. The van der Waals surface area contributed by atoms with Gasteiger partial charge in [0, 0.05) is 29.6 Å². The van der Waals surface area contributed by atoms with E-state index >= 15 is 0 Å². The number of rotatable bonds is 6. The first-order valence-corrected chi connectivity index (χ1v) is 8.43. The summed E-state index contributed by atoms with van der Waals surface area (Å²) in [5.41, 5.74) is 0.920. The van der Waals surface area contributed by atoms with Crippen LogP contribution in [0.3, 0.4) is 0 Å². The van der Waals surface area contributed by atoms with Crippen LogP contribution in [0.4, 0.5) is 20.4 Å². The highest BCUT2D eigenvalue weighted by Gasteiger charge is 2.29. The molecule has 0 radical (unpaired) electrons. The van der Waals surface area contributed by atoms with E-state index in [1.54, 1.807) is 0 Å². The average Bonchev–Trinajstić information content (AvgIpc) is 3.44. The molecule has 0 aliphatic heterocycles. The number of nitrogens with one attached hydrogen (secondary N) is 2. The van der Waals surface area contributed by atoms with Gasteiger partial charge in [-0.15, -0.1) is 0 Å². The zero-order valence-electron chi connectivity index (χ0n) is 13.6. The van der Waals surface area contributed by atoms with E-state index in [2.05, 4.69) is 20.6 Å². The third-order valence-corrected chi connectivity index (χ3v) is 4.52. The lowest BCUT2D eigenvalue weighted by Crippen LogP contribution is -2.13. The van der Waals surface area contributed by atoms with Crippen LogP contribution in [0.15, 0.2) is 18.2 Å². The van der Waals surface area contributed by atoms with E-state index in [1.165, 1.54) is 18.2 Å². The number of halogens is 2. The van der Waals surface area contributed by atoms with Gasteiger partial charge in [0.05, 0.1) is 0 Å². The van der Waals surface area contributed by atoms with Crippen molar-refractivity contribution in [3.63, 3.8) is 0 Å². The summed E-state index contributed by atoms with van der Waals surface area (Å²) in [6.07, 6.45) is 4.53. The minimum absolute atomic E-state index is 0.0280. The van der Waals surface area contributed by atoms with Crippen LogP contribution in [0, 0.1) is 18.6 Å². The van der Waals surface area contributed by atoms with Crippen LogP contribution in [-0.4, -0.2) is 16.0 Å². The molecule has 2 N–H and O–H groups in total. The molecule has 0 spiro atoms. The largest absolute Gasteiger partial charge is 0.367 e. The van der Waals surface area contributed by atoms with Crippen molar-refractivity contribution in [2.24, 2.45) is 0 Å². The second-order valence-electron chi connectivity index (χ2n) is 6.65. The maximum atomic E-state index is 13.8. The van der Waals surface area contributed by atoms with Crippen LogP contribution in [0.2, 0.25) is 0 Å². The maximum Gasteiger partial charge on any atom is 0.136 e. The molecule has 6 heteroatoms. The summed E-state index contributed by atoms with van der Waals surface area (Å²) in [7, 11) is 0. The Morgan fingerprint density at radius 3 is 2.33 bits per heavy atom. The second-order valence-corrected chi connectivity index (χ2v) is 6.65. The topological polar surface area (TPSA) is 49.8 Å². The van der Waals surface area contributed by atoms with Crippen molar-refractivity contribution >= 4 is 11.6 Å². The van der Waals surface area contributed by atoms with Crippen LogP contribution in [0.25, 0.3) is 0 Å². The molecule has 2 aromatic rings. The van der Waals surface area contributed by atoms with Gasteiger partial charge in [-0.05, 0) is 44.7 Å². The van der Waals surface area contributed by atoms with Gasteiger partial charge in [0.15, 0.2) is 0 Å². The lowest BCUT2D eigenvalue weighted by Gasteiger charge is -2.15. The summed E-state index contributed by atoms with van der Waals surface area (Å²) >= 11 is 0. The standard InChI is InChI=1S/C18H20F2N4/c1-10-16(21-9-13-14(19)3-2-4-15(13)20)23-18(11-5-6-11)24-17(10)22-12-7-8-12/h2-4,11-12H,5-9H2,1H3,(H2,21,22,23,24). The van der Waals surface area contributed by atoms with E-state index in [0.717, 1.165) is 42.9 Å². The first-order valence-electron chi connectivity index (χ1n) is 8.43. The molecule has 0 atom stereocenters. The van der Waals surface area contributed by atoms with Crippen molar-refractivity contribution in [3.8, 4) is 0 Å². The smallest absolute Gasteiger partial charge is 0.136 e. The van der Waals surface area contributed by atoms with Gasteiger partial charge in [0.25, 0.3) is 0 Å². The van der Waals surface area contributed by atoms with Gasteiger partial charge >= 0.3 is 0 Å². The monoisotopic (exact) mass is 330 g/mol. The predicted octanol–water partition coefficient (Wildman–Crippen LogP) is 4.13. The molecular weight excluding hydrogens is 310 g/mol. The van der Waals surface area contributed by atoms with E-state index in [1.807, 2.05) is 6.92 Å². The normalized spacial score (nSPS) is 17.0. The number of hydrogen-bond acceptors (Lipinski definition) is 4. The molecule has 2 aliphatic rings. The maximum absolute atomic E-state index is 13.8. The number of hydrogen-bond donors (Lipinski definition) is 2. The zero-order valence-corrected chi connectivity index (χ0v) is 13.6. The summed E-state index contributed by atoms with van der Waals surface area (Å²) in [6, 6.07) is 4.39. The van der Waals surface area contributed by atoms with Crippen LogP contribution >= 0.6 is 0 Å². The summed E-state index contributed by atoms with van der Waals surface area (Å²) < 4.78 is 27.6. The number of benzene rings is 1. The third kappa shape index (κ3) is 3.18. The van der Waals surface area contributed by atoms with Crippen LogP contribution in [0.1, 0.15) is 48.6 Å². The minimum atomic E-state index is -0.548. The van der Waals surface area contributed by atoms with Crippen molar-refractivity contribution in [1.82, 2.24) is 9.97 Å². The lowest BCUT2D eigenvalue weighted by molar-refractivity contribution is 0.560. The predicted molar refractivity (Wildman–Crippen MR) is 89.1 cm³/mol. The van der Waals surface area contributed by atoms with Gasteiger partial charge in [-0.3, -0.25) is 0 Å². The molecule has 0 bridgehead atoms. The molecular formula is C18H20F2N4. The van der Waals surface area contributed by atoms with Crippen molar-refractivity contribution in [3.05, 3.63) is 46.8 Å². The summed E-state index contributed by atoms with van der Waals surface area (Å²) in [4.78, 5) is 9.24. The number of anilines is 2. The van der Waals surface area contributed by atoms with Crippen molar-refractivity contribution in [2.75, 3.05) is 10.6 Å². The Labute approximate surface area is 139 Å². The molecule has 0 saturated heterocycles. The Kier molecular flexibility index (Phi) is 3.82. The summed E-state index contributed by atoms with van der Waals surface area (Å²) in [5.74, 6) is 1.63. The molecule has 4 rings (SSSR count). The van der Waals surface area contributed by atoms with Crippen LogP contribution in [0.5, 0.6) is 0 Å². The van der Waals surface area contributed by atoms with Crippen LogP contribution in [-0.2, 0) is 6.54 Å². The molecule has 24 heavy (non-hydrogen) atoms. The van der Waals surface area contributed by atoms with E-state index in [9.17, 15) is 8.78 Å². The van der Waals surface area contributed by atoms with E-state index < -0.39 is 11.6 Å². The molecule has 4 nitrogen and oxygen atoms in total. The van der Waals surface area contributed by atoms with Gasteiger partial charge in [0.2, 0.25) is 0 Å². The van der Waals surface area contributed by atoms with Gasteiger partial charge in [0.1, 0.15) is 29.1 Å². The molecule has 126 valence electrons. The first kappa shape index (κ1) is 15.3. The van der Waals surface area contributed by atoms with Gasteiger partial charge < -0.3 is 10.6 Å². The van der Waals surface area contributed by atoms with Crippen molar-refractivity contribution in [1.29, 1.82) is 0 Å². The summed E-state index contributed by atoms with van der Waals surface area (Å²) in [6.45, 7) is 1.99.